The van der Waals surface area contributed by atoms with Gasteiger partial charge in [0.15, 0.2) is 0 Å². The fourth-order valence-corrected chi connectivity index (χ4v) is 5.08. The number of fused-ring (bicyclic) bond motifs is 1. The lowest BCUT2D eigenvalue weighted by molar-refractivity contribution is -0.136. The zero-order valence-electron chi connectivity index (χ0n) is 18.0. The Balaban J connectivity index is 1.34. The van der Waals surface area contributed by atoms with E-state index in [2.05, 4.69) is 45.9 Å². The van der Waals surface area contributed by atoms with Crippen molar-refractivity contribution in [2.75, 3.05) is 19.6 Å². The molecule has 3 amide bonds. The van der Waals surface area contributed by atoms with E-state index in [4.69, 9.17) is 0 Å². The highest BCUT2D eigenvalue weighted by Gasteiger charge is 2.39. The molecule has 0 saturated carbocycles. The van der Waals surface area contributed by atoms with E-state index in [1.165, 1.54) is 11.1 Å². The van der Waals surface area contributed by atoms with Crippen LogP contribution in [0.3, 0.4) is 0 Å². The zero-order valence-corrected chi connectivity index (χ0v) is 18.0. The van der Waals surface area contributed by atoms with E-state index in [9.17, 15) is 14.4 Å². The fourth-order valence-electron chi connectivity index (χ4n) is 5.08. The van der Waals surface area contributed by atoms with Gasteiger partial charge in [-0.2, -0.15) is 0 Å². The molecule has 2 aromatic rings. The smallest absolute Gasteiger partial charge is 0.255 e. The Labute approximate surface area is 187 Å². The van der Waals surface area contributed by atoms with Crippen LogP contribution in [0.1, 0.15) is 52.4 Å². The third-order valence-corrected chi connectivity index (χ3v) is 6.74. The Morgan fingerprint density at radius 3 is 2.66 bits per heavy atom. The van der Waals surface area contributed by atoms with Gasteiger partial charge in [-0.1, -0.05) is 42.5 Å². The third kappa shape index (κ3) is 4.06. The molecule has 166 valence electrons. The van der Waals surface area contributed by atoms with Crippen molar-refractivity contribution < 1.29 is 14.4 Å². The average molecular weight is 433 g/mol. The summed E-state index contributed by atoms with van der Waals surface area (Å²) < 4.78 is 0. The van der Waals surface area contributed by atoms with Crippen molar-refractivity contribution in [1.82, 2.24) is 20.4 Å². The molecule has 32 heavy (non-hydrogen) atoms. The first-order valence-corrected chi connectivity index (χ1v) is 11.4. The standard InChI is InChI=1S/C25H28N4O3/c30-23-10-9-21(24(31)27-23)29-16-19-13-17(7-8-20(19)25(29)32)15-28-12-4-11-26-14-22(28)18-5-2-1-3-6-18/h1-3,5-8,13,21-22,26H,4,9-12,14-16H2,(H,27,30,31). The number of carbonyl (C=O) groups excluding carboxylic acids is 3. The van der Waals surface area contributed by atoms with Crippen LogP contribution >= 0.6 is 0 Å². The van der Waals surface area contributed by atoms with Crippen molar-refractivity contribution in [3.63, 3.8) is 0 Å². The van der Waals surface area contributed by atoms with Gasteiger partial charge in [0.2, 0.25) is 11.8 Å². The van der Waals surface area contributed by atoms with Gasteiger partial charge >= 0.3 is 0 Å². The van der Waals surface area contributed by atoms with Crippen molar-refractivity contribution in [2.45, 2.75) is 44.4 Å². The van der Waals surface area contributed by atoms with Gasteiger partial charge in [-0.15, -0.1) is 0 Å². The first-order valence-electron chi connectivity index (χ1n) is 11.4. The summed E-state index contributed by atoms with van der Waals surface area (Å²) in [5.74, 6) is -0.759. The summed E-state index contributed by atoms with van der Waals surface area (Å²) in [6, 6.07) is 16.4. The van der Waals surface area contributed by atoms with Gasteiger partial charge in [-0.25, -0.2) is 0 Å². The van der Waals surface area contributed by atoms with Crippen molar-refractivity contribution in [1.29, 1.82) is 0 Å². The minimum atomic E-state index is -0.574. The number of carbonyl (C=O) groups is 3. The number of imide groups is 1. The highest BCUT2D eigenvalue weighted by Crippen LogP contribution is 2.30. The average Bonchev–Trinajstić information content (AvgIpc) is 2.95. The third-order valence-electron chi connectivity index (χ3n) is 6.74. The highest BCUT2D eigenvalue weighted by molar-refractivity contribution is 6.05. The molecule has 0 bridgehead atoms. The topological polar surface area (TPSA) is 81.8 Å². The Morgan fingerprint density at radius 1 is 1.00 bits per heavy atom. The molecule has 0 radical (unpaired) electrons. The lowest BCUT2D eigenvalue weighted by atomic mass is 10.0. The normalized spacial score (nSPS) is 24.2. The van der Waals surface area contributed by atoms with Gasteiger partial charge in [0.25, 0.3) is 5.91 Å². The molecular weight excluding hydrogens is 404 g/mol. The lowest BCUT2D eigenvalue weighted by Crippen LogP contribution is -2.52. The maximum atomic E-state index is 12.9. The molecule has 2 atom stereocenters. The number of piperidine rings is 1. The van der Waals surface area contributed by atoms with Gasteiger partial charge in [-0.05, 0) is 42.1 Å². The molecule has 2 N–H and O–H groups in total. The summed E-state index contributed by atoms with van der Waals surface area (Å²) in [5.41, 5.74) is 4.10. The number of amides is 3. The van der Waals surface area contributed by atoms with E-state index in [1.54, 1.807) is 4.90 Å². The van der Waals surface area contributed by atoms with Crippen molar-refractivity contribution in [3.8, 4) is 0 Å². The number of hydrogen-bond donors (Lipinski definition) is 2. The molecule has 7 nitrogen and oxygen atoms in total. The molecule has 0 aliphatic carbocycles. The van der Waals surface area contributed by atoms with Crippen LogP contribution in [0.25, 0.3) is 0 Å². The second-order valence-electron chi connectivity index (χ2n) is 8.85. The lowest BCUT2D eigenvalue weighted by Gasteiger charge is -2.30. The summed E-state index contributed by atoms with van der Waals surface area (Å²) in [5, 5.41) is 5.91. The predicted molar refractivity (Wildman–Crippen MR) is 120 cm³/mol. The predicted octanol–water partition coefficient (Wildman–Crippen LogP) is 1.98. The van der Waals surface area contributed by atoms with E-state index >= 15 is 0 Å². The Morgan fingerprint density at radius 2 is 1.84 bits per heavy atom. The second-order valence-corrected chi connectivity index (χ2v) is 8.85. The van der Waals surface area contributed by atoms with Crippen LogP contribution < -0.4 is 10.6 Å². The number of rotatable bonds is 4. The maximum absolute atomic E-state index is 12.9. The molecule has 0 aromatic heterocycles. The highest BCUT2D eigenvalue weighted by atomic mass is 16.2. The van der Waals surface area contributed by atoms with Crippen LogP contribution in [-0.2, 0) is 22.7 Å². The minimum absolute atomic E-state index is 0.123. The fraction of sp³-hybridized carbons (Fsp3) is 0.400. The van der Waals surface area contributed by atoms with Crippen LogP contribution in [0.4, 0.5) is 0 Å². The minimum Gasteiger partial charge on any atom is -0.322 e. The van der Waals surface area contributed by atoms with E-state index in [0.717, 1.165) is 38.2 Å². The van der Waals surface area contributed by atoms with Crippen molar-refractivity contribution >= 4 is 17.7 Å². The summed E-state index contributed by atoms with van der Waals surface area (Å²) in [6.45, 7) is 4.15. The summed E-state index contributed by atoms with van der Waals surface area (Å²) in [7, 11) is 0. The Bertz CT molecular complexity index is 1040. The van der Waals surface area contributed by atoms with Crippen LogP contribution in [0, 0.1) is 0 Å². The molecular formula is C25H28N4O3. The molecule has 2 aromatic carbocycles. The summed E-state index contributed by atoms with van der Waals surface area (Å²) in [4.78, 5) is 40.8. The number of benzene rings is 2. The second kappa shape index (κ2) is 8.84. The van der Waals surface area contributed by atoms with Crippen LogP contribution in [0.2, 0.25) is 0 Å². The number of nitrogens with one attached hydrogen (secondary N) is 2. The van der Waals surface area contributed by atoms with Crippen molar-refractivity contribution in [3.05, 3.63) is 70.8 Å². The number of nitrogens with zero attached hydrogens (tertiary/aromatic N) is 2. The van der Waals surface area contributed by atoms with Gasteiger partial charge in [-0.3, -0.25) is 24.6 Å². The summed E-state index contributed by atoms with van der Waals surface area (Å²) in [6.07, 6.45) is 1.75. The largest absolute Gasteiger partial charge is 0.322 e. The zero-order chi connectivity index (χ0) is 22.1. The Kier molecular flexibility index (Phi) is 5.76. The molecule has 3 aliphatic rings. The van der Waals surface area contributed by atoms with Crippen LogP contribution in [-0.4, -0.2) is 53.2 Å². The van der Waals surface area contributed by atoms with E-state index < -0.39 is 6.04 Å². The maximum Gasteiger partial charge on any atom is 0.255 e. The molecule has 2 saturated heterocycles. The molecule has 3 heterocycles. The number of hydrogen-bond acceptors (Lipinski definition) is 5. The molecule has 7 heteroatoms. The van der Waals surface area contributed by atoms with Crippen LogP contribution in [0.5, 0.6) is 0 Å². The molecule has 5 rings (SSSR count). The van der Waals surface area contributed by atoms with E-state index in [0.29, 0.717) is 24.6 Å². The van der Waals surface area contributed by atoms with Gasteiger partial charge in [0, 0.05) is 44.2 Å². The first-order chi connectivity index (χ1) is 15.6. The van der Waals surface area contributed by atoms with E-state index in [-0.39, 0.29) is 24.1 Å². The molecule has 3 aliphatic heterocycles. The SMILES string of the molecule is O=C1CCC(N2Cc3cc(CN4CCCNCC4c4ccccc4)ccc3C2=O)C(=O)N1. The van der Waals surface area contributed by atoms with Gasteiger partial charge in [0.1, 0.15) is 6.04 Å². The molecule has 2 unspecified atom stereocenters. The summed E-state index contributed by atoms with van der Waals surface area (Å²) >= 11 is 0. The monoisotopic (exact) mass is 432 g/mol. The molecule has 2 fully saturated rings. The Hall–Kier alpha value is -3.03. The molecule has 0 spiro atoms. The van der Waals surface area contributed by atoms with Crippen LogP contribution in [0.15, 0.2) is 48.5 Å². The first kappa shape index (κ1) is 20.8. The van der Waals surface area contributed by atoms with Gasteiger partial charge in [0.05, 0.1) is 0 Å². The quantitative estimate of drug-likeness (QED) is 0.722. The van der Waals surface area contributed by atoms with Gasteiger partial charge < -0.3 is 10.2 Å². The van der Waals surface area contributed by atoms with Crippen molar-refractivity contribution in [2.24, 2.45) is 0 Å². The van der Waals surface area contributed by atoms with E-state index in [1.807, 2.05) is 18.2 Å².